The van der Waals surface area contributed by atoms with Crippen LogP contribution in [0, 0.1) is 16.0 Å². The Bertz CT molecular complexity index is 676. The van der Waals surface area contributed by atoms with Gasteiger partial charge in [0.25, 0.3) is 5.69 Å². The third-order valence-corrected chi connectivity index (χ3v) is 4.31. The average Bonchev–Trinajstić information content (AvgIpc) is 3.23. The Morgan fingerprint density at radius 2 is 2.13 bits per heavy atom. The molecule has 1 aliphatic carbocycles. The Hall–Kier alpha value is -2.14. The maximum absolute atomic E-state index is 10.9. The molecule has 1 aliphatic rings. The predicted octanol–water partition coefficient (Wildman–Crippen LogP) is 3.06. The number of nitrogens with zero attached hydrogens (tertiary/aromatic N) is 1. The Morgan fingerprint density at radius 3 is 2.83 bits per heavy atom. The Morgan fingerprint density at radius 1 is 1.30 bits per heavy atom. The fourth-order valence-corrected chi connectivity index (χ4v) is 2.99. The molecule has 2 aromatic rings. The summed E-state index contributed by atoms with van der Waals surface area (Å²) < 4.78 is 5.94. The van der Waals surface area contributed by atoms with E-state index in [0.717, 1.165) is 30.3 Å². The zero-order valence-electron chi connectivity index (χ0n) is 13.5. The van der Waals surface area contributed by atoms with E-state index in [1.165, 1.54) is 31.9 Å². The van der Waals surface area contributed by atoms with Gasteiger partial charge in [0.15, 0.2) is 5.76 Å². The van der Waals surface area contributed by atoms with Gasteiger partial charge in [0, 0.05) is 23.6 Å². The van der Waals surface area contributed by atoms with E-state index in [1.54, 1.807) is 17.0 Å². The molecule has 0 aliphatic heterocycles. The Labute approximate surface area is 136 Å². The monoisotopic (exact) mass is 315 g/mol. The molecule has 1 saturated carbocycles. The van der Waals surface area contributed by atoms with Crippen molar-refractivity contribution in [1.82, 2.24) is 0 Å². The first kappa shape index (κ1) is 15.7. The molecule has 0 saturated heterocycles. The molecule has 0 bridgehead atoms. The smallest absolute Gasteiger partial charge is 0.270 e. The fraction of sp³-hybridized carbons (Fsp3) is 0.444. The topological polar surface area (TPSA) is 60.7 Å². The van der Waals surface area contributed by atoms with Crippen LogP contribution in [-0.4, -0.2) is 18.0 Å². The first-order valence-electron chi connectivity index (χ1n) is 8.33. The molecule has 0 spiro atoms. The highest BCUT2D eigenvalue weighted by atomic mass is 16.6. The molecule has 5 heteroatoms. The van der Waals surface area contributed by atoms with Gasteiger partial charge >= 0.3 is 0 Å². The van der Waals surface area contributed by atoms with Gasteiger partial charge in [-0.2, -0.15) is 0 Å². The van der Waals surface area contributed by atoms with Crippen LogP contribution in [0.2, 0.25) is 0 Å². The normalized spacial score (nSPS) is 15.5. The lowest BCUT2D eigenvalue weighted by molar-refractivity contribution is -0.916. The minimum Gasteiger partial charge on any atom is -0.455 e. The van der Waals surface area contributed by atoms with Crippen molar-refractivity contribution in [2.24, 2.45) is 5.92 Å². The van der Waals surface area contributed by atoms with Crippen LogP contribution < -0.4 is 4.90 Å². The first-order chi connectivity index (χ1) is 11.2. The summed E-state index contributed by atoms with van der Waals surface area (Å²) in [6, 6.07) is 10.5. The van der Waals surface area contributed by atoms with Gasteiger partial charge < -0.3 is 9.32 Å². The van der Waals surface area contributed by atoms with Gasteiger partial charge in [-0.05, 0) is 31.4 Å². The number of hydrogen-bond acceptors (Lipinski definition) is 3. The number of nitro groups is 1. The zero-order valence-corrected chi connectivity index (χ0v) is 13.5. The van der Waals surface area contributed by atoms with E-state index in [-0.39, 0.29) is 10.6 Å². The summed E-state index contributed by atoms with van der Waals surface area (Å²) in [5.41, 5.74) is 0.845. The Kier molecular flexibility index (Phi) is 4.76. The van der Waals surface area contributed by atoms with Crippen molar-refractivity contribution in [3.05, 3.63) is 52.3 Å². The van der Waals surface area contributed by atoms with Gasteiger partial charge in [0.05, 0.1) is 18.0 Å². The van der Waals surface area contributed by atoms with Crippen molar-refractivity contribution < 1.29 is 14.2 Å². The largest absolute Gasteiger partial charge is 0.455 e. The molecular formula is C18H23N2O3+. The van der Waals surface area contributed by atoms with Crippen LogP contribution in [0.3, 0.4) is 0 Å². The molecule has 1 aromatic heterocycles. The average molecular weight is 315 g/mol. The maximum atomic E-state index is 10.9. The lowest BCUT2D eigenvalue weighted by Gasteiger charge is -2.17. The third-order valence-electron chi connectivity index (χ3n) is 4.31. The first-order valence-corrected chi connectivity index (χ1v) is 8.33. The van der Waals surface area contributed by atoms with Gasteiger partial charge in [-0.15, -0.1) is 0 Å². The van der Waals surface area contributed by atoms with E-state index in [2.05, 4.69) is 6.92 Å². The fourth-order valence-electron chi connectivity index (χ4n) is 2.99. The molecule has 122 valence electrons. The standard InChI is InChI=1S/C18H22N2O3/c1-2-10-19(12-14-6-7-14)13-17-8-9-18(23-17)15-4-3-5-16(11-15)20(21)22/h3-5,8-9,11,14H,2,6-7,10,12-13H2,1H3/p+1. The van der Waals surface area contributed by atoms with E-state index >= 15 is 0 Å². The van der Waals surface area contributed by atoms with Crippen LogP contribution in [0.25, 0.3) is 11.3 Å². The molecule has 23 heavy (non-hydrogen) atoms. The SMILES string of the molecule is CCC[NH+](Cc1ccc(-c2cccc([N+](=O)[O-])c2)o1)CC1CC1. The molecule has 0 radical (unpaired) electrons. The highest BCUT2D eigenvalue weighted by Gasteiger charge is 2.27. The third kappa shape index (κ3) is 4.20. The molecule has 1 N–H and O–H groups in total. The number of rotatable bonds is 8. The molecule has 1 fully saturated rings. The minimum atomic E-state index is -0.379. The van der Waals surface area contributed by atoms with Crippen LogP contribution >= 0.6 is 0 Å². The van der Waals surface area contributed by atoms with Crippen LogP contribution in [0.15, 0.2) is 40.8 Å². The highest BCUT2D eigenvalue weighted by Crippen LogP contribution is 2.27. The number of quaternary nitrogens is 1. The molecule has 3 rings (SSSR count). The van der Waals surface area contributed by atoms with Gasteiger partial charge in [0.2, 0.25) is 0 Å². The summed E-state index contributed by atoms with van der Waals surface area (Å²) in [4.78, 5) is 12.1. The minimum absolute atomic E-state index is 0.0902. The molecule has 1 aromatic carbocycles. The number of hydrogen-bond donors (Lipinski definition) is 1. The summed E-state index contributed by atoms with van der Waals surface area (Å²) in [6.45, 7) is 5.48. The second kappa shape index (κ2) is 6.96. The number of furan rings is 1. The lowest BCUT2D eigenvalue weighted by Crippen LogP contribution is -3.11. The van der Waals surface area contributed by atoms with Crippen molar-refractivity contribution in [3.63, 3.8) is 0 Å². The summed E-state index contributed by atoms with van der Waals surface area (Å²) in [5, 5.41) is 10.9. The van der Waals surface area contributed by atoms with E-state index in [9.17, 15) is 10.1 Å². The van der Waals surface area contributed by atoms with Crippen LogP contribution in [0.1, 0.15) is 31.9 Å². The van der Waals surface area contributed by atoms with E-state index < -0.39 is 0 Å². The van der Waals surface area contributed by atoms with Gasteiger partial charge in [-0.25, -0.2) is 0 Å². The van der Waals surface area contributed by atoms with Crippen LogP contribution in [-0.2, 0) is 6.54 Å². The number of non-ortho nitro benzene ring substituents is 1. The second-order valence-corrected chi connectivity index (χ2v) is 6.40. The molecule has 1 heterocycles. The molecule has 0 amide bonds. The van der Waals surface area contributed by atoms with E-state index in [4.69, 9.17) is 4.42 Å². The number of nitrogens with one attached hydrogen (secondary N) is 1. The maximum Gasteiger partial charge on any atom is 0.270 e. The zero-order chi connectivity index (χ0) is 16.2. The summed E-state index contributed by atoms with van der Waals surface area (Å²) in [6.07, 6.45) is 3.90. The van der Waals surface area contributed by atoms with Crippen molar-refractivity contribution in [1.29, 1.82) is 0 Å². The number of nitro benzene ring substituents is 1. The van der Waals surface area contributed by atoms with Crippen molar-refractivity contribution in [2.45, 2.75) is 32.7 Å². The summed E-state index contributed by atoms with van der Waals surface area (Å²) in [7, 11) is 0. The highest BCUT2D eigenvalue weighted by molar-refractivity contribution is 5.61. The molecular weight excluding hydrogens is 292 g/mol. The van der Waals surface area contributed by atoms with Crippen LogP contribution in [0.4, 0.5) is 5.69 Å². The van der Waals surface area contributed by atoms with E-state index in [1.807, 2.05) is 18.2 Å². The quantitative estimate of drug-likeness (QED) is 0.601. The Balaban J connectivity index is 1.71. The summed E-state index contributed by atoms with van der Waals surface area (Å²) in [5.74, 6) is 2.55. The predicted molar refractivity (Wildman–Crippen MR) is 88.2 cm³/mol. The molecule has 1 atom stereocenters. The van der Waals surface area contributed by atoms with Gasteiger partial charge in [-0.3, -0.25) is 10.1 Å². The van der Waals surface area contributed by atoms with Crippen molar-refractivity contribution >= 4 is 5.69 Å². The second-order valence-electron chi connectivity index (χ2n) is 6.40. The summed E-state index contributed by atoms with van der Waals surface area (Å²) >= 11 is 0. The molecule has 5 nitrogen and oxygen atoms in total. The lowest BCUT2D eigenvalue weighted by atomic mass is 10.1. The molecule has 1 unspecified atom stereocenters. The van der Waals surface area contributed by atoms with Crippen LogP contribution in [0.5, 0.6) is 0 Å². The van der Waals surface area contributed by atoms with Gasteiger partial charge in [-0.1, -0.05) is 19.1 Å². The van der Waals surface area contributed by atoms with Crippen molar-refractivity contribution in [3.8, 4) is 11.3 Å². The van der Waals surface area contributed by atoms with Crippen molar-refractivity contribution in [2.75, 3.05) is 13.1 Å². The van der Waals surface area contributed by atoms with E-state index in [0.29, 0.717) is 5.76 Å². The van der Waals surface area contributed by atoms with Gasteiger partial charge in [0.1, 0.15) is 12.3 Å². The number of benzene rings is 1.